The van der Waals surface area contributed by atoms with Gasteiger partial charge in [-0.1, -0.05) is 0 Å². The highest BCUT2D eigenvalue weighted by Gasteiger charge is 2.26. The minimum Gasteiger partial charge on any atom is -0.480 e. The van der Waals surface area contributed by atoms with E-state index in [0.717, 1.165) is 25.5 Å². The maximum Gasteiger partial charge on any atom is 0.329 e. The maximum absolute atomic E-state index is 12.0. The van der Waals surface area contributed by atoms with Crippen LogP contribution in [0.5, 0.6) is 0 Å². The molecule has 2 N–H and O–H groups in total. The molecule has 0 aliphatic carbocycles. The lowest BCUT2D eigenvalue weighted by molar-refractivity contribution is -0.147. The molecule has 0 aromatic carbocycles. The number of piperidine rings is 1. The minimum absolute atomic E-state index is 0.0334. The fourth-order valence-corrected chi connectivity index (χ4v) is 2.84. The van der Waals surface area contributed by atoms with Gasteiger partial charge in [0.25, 0.3) is 0 Å². The van der Waals surface area contributed by atoms with E-state index in [1.54, 1.807) is 4.90 Å². The molecule has 1 aliphatic rings. The molecule has 0 aromatic rings. The van der Waals surface area contributed by atoms with E-state index >= 15 is 0 Å². The number of sulfonamides is 1. The van der Waals surface area contributed by atoms with Crippen molar-refractivity contribution in [3.8, 4) is 0 Å². The number of ether oxygens (including phenoxy) is 1. The van der Waals surface area contributed by atoms with Gasteiger partial charge >= 0.3 is 5.97 Å². The molecule has 0 spiro atoms. The zero-order valence-corrected chi connectivity index (χ0v) is 12.9. The summed E-state index contributed by atoms with van der Waals surface area (Å²) in [6, 6.07) is -0.0334. The van der Waals surface area contributed by atoms with Crippen LogP contribution in [0.15, 0.2) is 0 Å². The van der Waals surface area contributed by atoms with E-state index in [9.17, 15) is 18.0 Å². The molecule has 0 aromatic heterocycles. The Bertz CT molecular complexity index is 464. The van der Waals surface area contributed by atoms with E-state index in [2.05, 4.69) is 4.72 Å². The van der Waals surface area contributed by atoms with Crippen LogP contribution in [0, 0.1) is 0 Å². The molecule has 1 aliphatic heterocycles. The fourth-order valence-electron chi connectivity index (χ4n) is 2.35. The smallest absolute Gasteiger partial charge is 0.329 e. The molecule has 8 nitrogen and oxygen atoms in total. The van der Waals surface area contributed by atoms with Crippen LogP contribution in [0.25, 0.3) is 0 Å². The molecular formula is C12H22N2O6S. The van der Waals surface area contributed by atoms with Crippen LogP contribution in [0.4, 0.5) is 0 Å². The highest BCUT2D eigenvalue weighted by molar-refractivity contribution is 7.88. The molecule has 1 fully saturated rings. The highest BCUT2D eigenvalue weighted by Crippen LogP contribution is 2.19. The number of nitrogens with zero attached hydrogens (tertiary/aromatic N) is 1. The van der Waals surface area contributed by atoms with Crippen LogP contribution < -0.4 is 4.72 Å². The maximum atomic E-state index is 12.0. The molecule has 9 heteroatoms. The number of carboxylic acid groups (broad SMARTS) is 1. The number of nitrogens with one attached hydrogen (secondary N) is 1. The third-order valence-electron chi connectivity index (χ3n) is 3.24. The fraction of sp³-hybridized carbons (Fsp3) is 0.833. The van der Waals surface area contributed by atoms with Gasteiger partial charge in [0.15, 0.2) is 0 Å². The first-order valence-electron chi connectivity index (χ1n) is 6.83. The Kier molecular flexibility index (Phi) is 7.06. The predicted molar refractivity (Wildman–Crippen MR) is 75.3 cm³/mol. The minimum atomic E-state index is -3.23. The van der Waals surface area contributed by atoms with Crippen LogP contribution in [0.3, 0.4) is 0 Å². The van der Waals surface area contributed by atoms with E-state index in [1.165, 1.54) is 0 Å². The van der Waals surface area contributed by atoms with Crippen molar-refractivity contribution in [1.82, 2.24) is 9.62 Å². The zero-order valence-electron chi connectivity index (χ0n) is 12.1. The zero-order chi connectivity index (χ0) is 15.9. The second-order valence-corrected chi connectivity index (χ2v) is 6.91. The van der Waals surface area contributed by atoms with Crippen molar-refractivity contribution in [3.63, 3.8) is 0 Å². The van der Waals surface area contributed by atoms with E-state index in [4.69, 9.17) is 9.84 Å². The topological polar surface area (TPSA) is 113 Å². The van der Waals surface area contributed by atoms with Gasteiger partial charge in [-0.15, -0.1) is 0 Å². The highest BCUT2D eigenvalue weighted by atomic mass is 32.2. The van der Waals surface area contributed by atoms with Gasteiger partial charge in [-0.2, -0.15) is 0 Å². The Labute approximate surface area is 124 Å². The van der Waals surface area contributed by atoms with E-state index in [-0.39, 0.29) is 25.1 Å². The van der Waals surface area contributed by atoms with Crippen LogP contribution in [0.2, 0.25) is 0 Å². The number of carbonyl (C=O) groups is 2. The first-order chi connectivity index (χ1) is 9.79. The Morgan fingerprint density at radius 2 is 2.05 bits per heavy atom. The van der Waals surface area contributed by atoms with Crippen LogP contribution in [-0.4, -0.2) is 68.9 Å². The molecule has 0 bridgehead atoms. The van der Waals surface area contributed by atoms with E-state index in [0.29, 0.717) is 13.0 Å². The average Bonchev–Trinajstić information content (AvgIpc) is 2.37. The first kappa shape index (κ1) is 17.9. The van der Waals surface area contributed by atoms with Gasteiger partial charge in [-0.25, -0.2) is 17.9 Å². The van der Waals surface area contributed by atoms with E-state index in [1.807, 2.05) is 0 Å². The molecule has 122 valence electrons. The first-order valence-corrected chi connectivity index (χ1v) is 8.72. The van der Waals surface area contributed by atoms with Crippen LogP contribution in [0.1, 0.15) is 25.7 Å². The quantitative estimate of drug-likeness (QED) is 0.617. The lowest BCUT2D eigenvalue weighted by atomic mass is 9.99. The molecule has 1 unspecified atom stereocenters. The largest absolute Gasteiger partial charge is 0.480 e. The number of hydrogen-bond acceptors (Lipinski definition) is 5. The second kappa shape index (κ2) is 8.30. The molecule has 1 atom stereocenters. The lowest BCUT2D eigenvalue weighted by Gasteiger charge is -2.35. The number of amides is 1. The summed E-state index contributed by atoms with van der Waals surface area (Å²) in [5.74, 6) is -1.37. The number of hydrogen-bond donors (Lipinski definition) is 2. The summed E-state index contributed by atoms with van der Waals surface area (Å²) in [5.41, 5.74) is 0. The number of likely N-dealkylation sites (tertiary alicyclic amines) is 1. The Morgan fingerprint density at radius 1 is 1.33 bits per heavy atom. The summed E-state index contributed by atoms with van der Waals surface area (Å²) < 4.78 is 29.3. The second-order valence-electron chi connectivity index (χ2n) is 5.08. The number of rotatable bonds is 8. The van der Waals surface area contributed by atoms with Crippen molar-refractivity contribution in [2.75, 3.05) is 32.6 Å². The van der Waals surface area contributed by atoms with Crippen LogP contribution in [-0.2, 0) is 24.3 Å². The molecule has 1 amide bonds. The van der Waals surface area contributed by atoms with Crippen molar-refractivity contribution >= 4 is 21.9 Å². The summed E-state index contributed by atoms with van der Waals surface area (Å²) in [5, 5.41) is 8.47. The Balaban J connectivity index is 2.44. The predicted octanol–water partition coefficient (Wildman–Crippen LogP) is -0.592. The van der Waals surface area contributed by atoms with Crippen LogP contribution >= 0.6 is 0 Å². The molecule has 0 radical (unpaired) electrons. The molecule has 1 heterocycles. The molecule has 21 heavy (non-hydrogen) atoms. The molecule has 0 saturated carbocycles. The molecule has 1 rings (SSSR count). The summed E-state index contributed by atoms with van der Waals surface area (Å²) in [4.78, 5) is 24.0. The van der Waals surface area contributed by atoms with Crippen molar-refractivity contribution in [2.45, 2.75) is 31.7 Å². The van der Waals surface area contributed by atoms with Gasteiger partial charge in [0.1, 0.15) is 13.2 Å². The summed E-state index contributed by atoms with van der Waals surface area (Å²) in [7, 11) is -3.23. The van der Waals surface area contributed by atoms with Crippen molar-refractivity contribution in [1.29, 1.82) is 0 Å². The number of aliphatic carboxylic acids is 1. The van der Waals surface area contributed by atoms with Gasteiger partial charge < -0.3 is 14.7 Å². The summed E-state index contributed by atoms with van der Waals surface area (Å²) in [6.45, 7) is 0.115. The third-order valence-corrected chi connectivity index (χ3v) is 3.97. The standard InChI is InChI=1S/C12H22N2O6S/c1-21(18,19)13-6-5-10-4-2-3-7-14(10)11(15)8-20-9-12(16)17/h10,13H,2-9H2,1H3,(H,16,17). The number of carboxylic acids is 1. The normalized spacial score (nSPS) is 19.5. The average molecular weight is 322 g/mol. The summed E-state index contributed by atoms with van der Waals surface area (Å²) >= 11 is 0. The third kappa shape index (κ3) is 7.39. The lowest BCUT2D eigenvalue weighted by Crippen LogP contribution is -2.46. The van der Waals surface area contributed by atoms with Gasteiger partial charge in [-0.05, 0) is 25.7 Å². The Hall–Kier alpha value is -1.19. The van der Waals surface area contributed by atoms with Crippen molar-refractivity contribution in [3.05, 3.63) is 0 Å². The van der Waals surface area contributed by atoms with Gasteiger partial charge in [-0.3, -0.25) is 4.79 Å². The van der Waals surface area contributed by atoms with Gasteiger partial charge in [0.05, 0.1) is 6.26 Å². The molecule has 1 saturated heterocycles. The van der Waals surface area contributed by atoms with Gasteiger partial charge in [0, 0.05) is 19.1 Å². The number of carbonyl (C=O) groups excluding carboxylic acids is 1. The van der Waals surface area contributed by atoms with Crippen molar-refractivity contribution in [2.24, 2.45) is 0 Å². The van der Waals surface area contributed by atoms with Gasteiger partial charge in [0.2, 0.25) is 15.9 Å². The molecular weight excluding hydrogens is 300 g/mol. The Morgan fingerprint density at radius 3 is 2.67 bits per heavy atom. The monoisotopic (exact) mass is 322 g/mol. The van der Waals surface area contributed by atoms with E-state index < -0.39 is 22.6 Å². The summed E-state index contributed by atoms with van der Waals surface area (Å²) in [6.07, 6.45) is 4.33. The van der Waals surface area contributed by atoms with Crippen molar-refractivity contribution < 1.29 is 27.9 Å². The SMILES string of the molecule is CS(=O)(=O)NCCC1CCCCN1C(=O)COCC(=O)O.